The summed E-state index contributed by atoms with van der Waals surface area (Å²) in [5, 5.41) is 24.8. The Morgan fingerprint density at radius 1 is 1.16 bits per heavy atom. The summed E-state index contributed by atoms with van der Waals surface area (Å²) in [5.41, 5.74) is -0.531. The Labute approximate surface area is 110 Å². The fourth-order valence-electron chi connectivity index (χ4n) is 1.64. The largest absolute Gasteiger partial charge is 0.374 e. The molecule has 7 nitrogen and oxygen atoms in total. The molecule has 1 aromatic carbocycles. The predicted octanol–water partition coefficient (Wildman–Crippen LogP) is 3.49. The highest BCUT2D eigenvalue weighted by molar-refractivity contribution is 5.66. The van der Waals surface area contributed by atoms with E-state index in [1.807, 2.05) is 20.8 Å². The normalized spacial score (nSPS) is 11.1. The first-order valence-corrected chi connectivity index (χ1v) is 6.04. The molecule has 0 amide bonds. The Balaban J connectivity index is 3.21. The van der Waals surface area contributed by atoms with Crippen LogP contribution in [-0.2, 0) is 0 Å². The number of hydrogen-bond acceptors (Lipinski definition) is 5. The molecule has 1 rings (SSSR count). The van der Waals surface area contributed by atoms with Crippen LogP contribution >= 0.6 is 0 Å². The highest BCUT2D eigenvalue weighted by Crippen LogP contribution is 2.32. The van der Waals surface area contributed by atoms with Gasteiger partial charge in [0.05, 0.1) is 15.9 Å². The van der Waals surface area contributed by atoms with Gasteiger partial charge in [-0.2, -0.15) is 0 Å². The second-order valence-corrected chi connectivity index (χ2v) is 4.61. The molecule has 0 saturated heterocycles. The molecule has 0 atom stereocenters. The molecule has 7 heteroatoms. The summed E-state index contributed by atoms with van der Waals surface area (Å²) in [7, 11) is 0. The number of rotatable bonds is 6. The van der Waals surface area contributed by atoms with Gasteiger partial charge in [0.25, 0.3) is 11.4 Å². The molecular weight excluding hydrogens is 250 g/mol. The zero-order chi connectivity index (χ0) is 14.6. The van der Waals surface area contributed by atoms with Crippen molar-refractivity contribution in [2.75, 3.05) is 5.32 Å². The number of nitro groups is 2. The van der Waals surface area contributed by atoms with Crippen molar-refractivity contribution in [2.24, 2.45) is 0 Å². The SMILES string of the molecule is CCC(C)(CC)Nc1ccc([N+](=O)[O-])cc1[N+](=O)[O-]. The lowest BCUT2D eigenvalue weighted by atomic mass is 9.95. The zero-order valence-electron chi connectivity index (χ0n) is 11.2. The van der Waals surface area contributed by atoms with Crippen molar-refractivity contribution in [1.82, 2.24) is 0 Å². The first-order valence-electron chi connectivity index (χ1n) is 6.04. The number of nitro benzene ring substituents is 2. The van der Waals surface area contributed by atoms with Gasteiger partial charge in [-0.25, -0.2) is 0 Å². The average Bonchev–Trinajstić information content (AvgIpc) is 2.38. The van der Waals surface area contributed by atoms with Crippen molar-refractivity contribution in [3.8, 4) is 0 Å². The number of anilines is 1. The molecule has 0 saturated carbocycles. The molecule has 104 valence electrons. The van der Waals surface area contributed by atoms with Crippen LogP contribution in [0.3, 0.4) is 0 Å². The van der Waals surface area contributed by atoms with E-state index in [2.05, 4.69) is 5.32 Å². The summed E-state index contributed by atoms with van der Waals surface area (Å²) < 4.78 is 0. The third-order valence-corrected chi connectivity index (χ3v) is 3.39. The van der Waals surface area contributed by atoms with E-state index in [9.17, 15) is 20.2 Å². The summed E-state index contributed by atoms with van der Waals surface area (Å²) in [6.45, 7) is 5.92. The zero-order valence-corrected chi connectivity index (χ0v) is 11.2. The molecular formula is C12H17N3O4. The number of benzene rings is 1. The Morgan fingerprint density at radius 2 is 1.74 bits per heavy atom. The van der Waals surface area contributed by atoms with Crippen molar-refractivity contribution in [3.05, 3.63) is 38.4 Å². The number of non-ortho nitro benzene ring substituents is 1. The van der Waals surface area contributed by atoms with Crippen molar-refractivity contribution >= 4 is 17.1 Å². The van der Waals surface area contributed by atoms with Gasteiger partial charge >= 0.3 is 0 Å². The minimum atomic E-state index is -0.643. The van der Waals surface area contributed by atoms with Gasteiger partial charge in [0.15, 0.2) is 0 Å². The summed E-state index contributed by atoms with van der Waals surface area (Å²) in [4.78, 5) is 20.4. The lowest BCUT2D eigenvalue weighted by molar-refractivity contribution is -0.393. The van der Waals surface area contributed by atoms with Crippen molar-refractivity contribution in [1.29, 1.82) is 0 Å². The standard InChI is InChI=1S/C12H17N3O4/c1-4-12(3,5-2)13-10-7-6-9(14(16)17)8-11(10)15(18)19/h6-8,13H,4-5H2,1-3H3. The molecule has 0 bridgehead atoms. The molecule has 0 unspecified atom stereocenters. The fraction of sp³-hybridized carbons (Fsp3) is 0.500. The maximum Gasteiger partial charge on any atom is 0.299 e. The molecule has 1 N–H and O–H groups in total. The van der Waals surface area contributed by atoms with E-state index in [1.54, 1.807) is 0 Å². The second-order valence-electron chi connectivity index (χ2n) is 4.61. The first kappa shape index (κ1) is 14.9. The quantitative estimate of drug-likeness (QED) is 0.628. The predicted molar refractivity (Wildman–Crippen MR) is 72.4 cm³/mol. The van der Waals surface area contributed by atoms with Crippen LogP contribution < -0.4 is 5.32 Å². The summed E-state index contributed by atoms with van der Waals surface area (Å²) in [6.07, 6.45) is 1.58. The number of nitrogens with zero attached hydrogens (tertiary/aromatic N) is 2. The van der Waals surface area contributed by atoms with E-state index in [1.165, 1.54) is 12.1 Å². The van der Waals surface area contributed by atoms with Gasteiger partial charge in [0.2, 0.25) is 0 Å². The summed E-state index contributed by atoms with van der Waals surface area (Å²) in [6, 6.07) is 3.63. The van der Waals surface area contributed by atoms with Gasteiger partial charge in [0.1, 0.15) is 5.69 Å². The van der Waals surface area contributed by atoms with E-state index in [-0.39, 0.29) is 16.9 Å². The van der Waals surface area contributed by atoms with E-state index in [0.717, 1.165) is 18.9 Å². The van der Waals surface area contributed by atoms with E-state index >= 15 is 0 Å². The van der Waals surface area contributed by atoms with Crippen molar-refractivity contribution in [2.45, 2.75) is 39.2 Å². The highest BCUT2D eigenvalue weighted by atomic mass is 16.6. The Morgan fingerprint density at radius 3 is 2.16 bits per heavy atom. The molecule has 1 aromatic rings. The lowest BCUT2D eigenvalue weighted by Gasteiger charge is -2.29. The Bertz CT molecular complexity index is 498. The average molecular weight is 267 g/mol. The van der Waals surface area contributed by atoms with Crippen LogP contribution in [0, 0.1) is 20.2 Å². The van der Waals surface area contributed by atoms with E-state index in [4.69, 9.17) is 0 Å². The van der Waals surface area contributed by atoms with E-state index < -0.39 is 9.85 Å². The molecule has 0 radical (unpaired) electrons. The Kier molecular flexibility index (Phi) is 4.42. The van der Waals surface area contributed by atoms with Crippen LogP contribution in [0.2, 0.25) is 0 Å². The second kappa shape index (κ2) is 5.64. The van der Waals surface area contributed by atoms with Gasteiger partial charge in [-0.15, -0.1) is 0 Å². The van der Waals surface area contributed by atoms with Crippen LogP contribution in [0.15, 0.2) is 18.2 Å². The molecule has 0 aliphatic rings. The van der Waals surface area contributed by atoms with E-state index in [0.29, 0.717) is 5.69 Å². The third kappa shape index (κ3) is 3.40. The van der Waals surface area contributed by atoms with Gasteiger partial charge < -0.3 is 5.32 Å². The van der Waals surface area contributed by atoms with Crippen LogP contribution in [0.5, 0.6) is 0 Å². The molecule has 0 spiro atoms. The fourth-order valence-corrected chi connectivity index (χ4v) is 1.64. The topological polar surface area (TPSA) is 98.3 Å². The van der Waals surface area contributed by atoms with Gasteiger partial charge in [-0.3, -0.25) is 20.2 Å². The Hall–Kier alpha value is -2.18. The summed E-state index contributed by atoms with van der Waals surface area (Å²) >= 11 is 0. The van der Waals surface area contributed by atoms with Crippen LogP contribution in [0.4, 0.5) is 17.1 Å². The van der Waals surface area contributed by atoms with Crippen molar-refractivity contribution < 1.29 is 9.85 Å². The van der Waals surface area contributed by atoms with Crippen molar-refractivity contribution in [3.63, 3.8) is 0 Å². The molecule has 0 fully saturated rings. The van der Waals surface area contributed by atoms with Crippen LogP contribution in [-0.4, -0.2) is 15.4 Å². The lowest BCUT2D eigenvalue weighted by Crippen LogP contribution is -2.33. The third-order valence-electron chi connectivity index (χ3n) is 3.39. The van der Waals surface area contributed by atoms with Gasteiger partial charge in [0, 0.05) is 11.6 Å². The van der Waals surface area contributed by atoms with Gasteiger partial charge in [-0.05, 0) is 25.8 Å². The maximum atomic E-state index is 11.0. The summed E-state index contributed by atoms with van der Waals surface area (Å²) in [5.74, 6) is 0. The molecule has 0 aliphatic heterocycles. The molecule has 19 heavy (non-hydrogen) atoms. The van der Waals surface area contributed by atoms with Crippen LogP contribution in [0.1, 0.15) is 33.6 Å². The molecule has 0 aliphatic carbocycles. The monoisotopic (exact) mass is 267 g/mol. The van der Waals surface area contributed by atoms with Gasteiger partial charge in [-0.1, -0.05) is 13.8 Å². The first-order chi connectivity index (χ1) is 8.83. The molecule has 0 aromatic heterocycles. The number of nitrogens with one attached hydrogen (secondary N) is 1. The maximum absolute atomic E-state index is 11.0. The minimum absolute atomic E-state index is 0.276. The highest BCUT2D eigenvalue weighted by Gasteiger charge is 2.25. The van der Waals surface area contributed by atoms with Crippen LogP contribution in [0.25, 0.3) is 0 Å². The minimum Gasteiger partial charge on any atom is -0.374 e. The smallest absolute Gasteiger partial charge is 0.299 e. The number of hydrogen-bond donors (Lipinski definition) is 1. The molecule has 0 heterocycles.